The van der Waals surface area contributed by atoms with Gasteiger partial charge in [-0.2, -0.15) is 13.2 Å². The Morgan fingerprint density at radius 1 is 1.39 bits per heavy atom. The number of nitrogens with zero attached hydrogens (tertiary/aromatic N) is 1. The van der Waals surface area contributed by atoms with Gasteiger partial charge in [-0.25, -0.2) is 0 Å². The van der Waals surface area contributed by atoms with E-state index in [-0.39, 0.29) is 6.42 Å². The van der Waals surface area contributed by atoms with Crippen LogP contribution < -0.4 is 5.32 Å². The topological polar surface area (TPSA) is 98.5 Å². The van der Waals surface area contributed by atoms with Gasteiger partial charge in [-0.1, -0.05) is 6.92 Å². The third kappa shape index (κ3) is 4.94. The lowest BCUT2D eigenvalue weighted by atomic mass is 10.1. The van der Waals surface area contributed by atoms with E-state index < -0.39 is 46.0 Å². The van der Waals surface area contributed by atoms with Gasteiger partial charge < -0.3 is 10.1 Å². The first kappa shape index (κ1) is 18.4. The highest BCUT2D eigenvalue weighted by molar-refractivity contribution is 5.95. The number of halogens is 3. The highest BCUT2D eigenvalue weighted by Crippen LogP contribution is 2.37. The predicted octanol–water partition coefficient (Wildman–Crippen LogP) is 2.89. The Kier molecular flexibility index (Phi) is 5.66. The molecule has 1 aromatic carbocycles. The molecule has 1 rings (SSSR count). The number of hydrogen-bond acceptors (Lipinski definition) is 5. The minimum Gasteiger partial charge on any atom is -0.453 e. The number of hydrogen-bond donors (Lipinski definition) is 1. The molecular weight excluding hydrogens is 321 g/mol. The van der Waals surface area contributed by atoms with E-state index in [0.717, 1.165) is 12.1 Å². The van der Waals surface area contributed by atoms with E-state index >= 15 is 0 Å². The van der Waals surface area contributed by atoms with Crippen LogP contribution in [0.15, 0.2) is 18.2 Å². The van der Waals surface area contributed by atoms with Gasteiger partial charge >= 0.3 is 12.1 Å². The van der Waals surface area contributed by atoms with E-state index in [2.05, 4.69) is 4.74 Å². The minimum atomic E-state index is -4.90. The van der Waals surface area contributed by atoms with Gasteiger partial charge in [-0.3, -0.25) is 19.7 Å². The van der Waals surface area contributed by atoms with Gasteiger partial charge in [0.1, 0.15) is 0 Å². The third-order valence-corrected chi connectivity index (χ3v) is 2.74. The second-order valence-electron chi connectivity index (χ2n) is 4.46. The minimum absolute atomic E-state index is 0.00293. The Balaban J connectivity index is 3.06. The second kappa shape index (κ2) is 7.07. The summed E-state index contributed by atoms with van der Waals surface area (Å²) in [7, 11) is 0. The summed E-state index contributed by atoms with van der Waals surface area (Å²) in [6, 6.07) is 1.92. The summed E-state index contributed by atoms with van der Waals surface area (Å²) in [6.07, 6.45) is -6.21. The van der Waals surface area contributed by atoms with Crippen LogP contribution in [0.2, 0.25) is 0 Å². The van der Waals surface area contributed by atoms with Crippen molar-refractivity contribution < 1.29 is 32.4 Å². The summed E-state index contributed by atoms with van der Waals surface area (Å²) in [6.45, 7) is 2.69. The molecule has 0 unspecified atom stereocenters. The fourth-order valence-electron chi connectivity index (χ4n) is 1.56. The molecule has 0 heterocycles. The summed E-state index contributed by atoms with van der Waals surface area (Å²) < 4.78 is 43.5. The smallest absolute Gasteiger partial charge is 0.418 e. The van der Waals surface area contributed by atoms with Crippen LogP contribution in [-0.4, -0.2) is 22.9 Å². The summed E-state index contributed by atoms with van der Waals surface area (Å²) in [5.74, 6) is -1.67. The van der Waals surface area contributed by atoms with Gasteiger partial charge in [0.25, 0.3) is 11.6 Å². The van der Waals surface area contributed by atoms with Crippen molar-refractivity contribution in [2.24, 2.45) is 0 Å². The summed E-state index contributed by atoms with van der Waals surface area (Å²) in [5, 5.41) is 12.5. The van der Waals surface area contributed by atoms with Crippen molar-refractivity contribution in [1.29, 1.82) is 0 Å². The van der Waals surface area contributed by atoms with Gasteiger partial charge in [0, 0.05) is 18.6 Å². The average Bonchev–Trinajstić information content (AvgIpc) is 2.45. The monoisotopic (exact) mass is 334 g/mol. The van der Waals surface area contributed by atoms with Crippen LogP contribution >= 0.6 is 0 Å². The number of non-ortho nitro benzene ring substituents is 1. The van der Waals surface area contributed by atoms with Crippen molar-refractivity contribution in [2.75, 3.05) is 5.32 Å². The number of esters is 1. The predicted molar refractivity (Wildman–Crippen MR) is 72.6 cm³/mol. The lowest BCUT2D eigenvalue weighted by Crippen LogP contribution is -2.30. The van der Waals surface area contributed by atoms with Crippen LogP contribution in [0.4, 0.5) is 24.5 Å². The molecule has 1 amide bonds. The zero-order chi connectivity index (χ0) is 17.8. The molecule has 126 valence electrons. The summed E-state index contributed by atoms with van der Waals surface area (Å²) in [5.41, 5.74) is -2.79. The fraction of sp³-hybridized carbons (Fsp3) is 0.385. The van der Waals surface area contributed by atoms with Crippen molar-refractivity contribution in [2.45, 2.75) is 32.5 Å². The molecule has 0 aromatic heterocycles. The number of nitro groups is 1. The van der Waals surface area contributed by atoms with Gasteiger partial charge in [-0.05, 0) is 13.0 Å². The maximum absolute atomic E-state index is 12.9. The Bertz CT molecular complexity index is 631. The van der Waals surface area contributed by atoms with Crippen LogP contribution in [0, 0.1) is 10.1 Å². The first-order chi connectivity index (χ1) is 10.6. The van der Waals surface area contributed by atoms with Crippen molar-refractivity contribution in [3.63, 3.8) is 0 Å². The number of rotatable bonds is 5. The van der Waals surface area contributed by atoms with Crippen LogP contribution in [0.1, 0.15) is 25.8 Å². The highest BCUT2D eigenvalue weighted by atomic mass is 19.4. The van der Waals surface area contributed by atoms with E-state index in [1.807, 2.05) is 5.32 Å². The second-order valence-corrected chi connectivity index (χ2v) is 4.46. The molecule has 0 aliphatic heterocycles. The molecule has 0 fully saturated rings. The van der Waals surface area contributed by atoms with E-state index in [1.54, 1.807) is 0 Å². The summed E-state index contributed by atoms with van der Waals surface area (Å²) in [4.78, 5) is 32.4. The standard InChI is InChI=1S/C13H13F3N2O5/c1-3-11(19)23-7(2)12(20)17-10-5-4-8(18(21)22)6-9(10)13(14,15)16/h4-7H,3H2,1-2H3,(H,17,20)/t7-/m0/s1. The quantitative estimate of drug-likeness (QED) is 0.507. The Labute approximate surface area is 128 Å². The molecule has 0 bridgehead atoms. The molecule has 1 atom stereocenters. The van der Waals surface area contributed by atoms with E-state index in [1.165, 1.54) is 13.8 Å². The Morgan fingerprint density at radius 3 is 2.48 bits per heavy atom. The van der Waals surface area contributed by atoms with Crippen LogP contribution in [0.25, 0.3) is 0 Å². The average molecular weight is 334 g/mol. The van der Waals surface area contributed by atoms with Gasteiger partial charge in [0.15, 0.2) is 6.10 Å². The third-order valence-electron chi connectivity index (χ3n) is 2.74. The molecule has 0 spiro atoms. The number of anilines is 1. The zero-order valence-electron chi connectivity index (χ0n) is 12.1. The number of benzene rings is 1. The van der Waals surface area contributed by atoms with Gasteiger partial charge in [0.05, 0.1) is 16.2 Å². The largest absolute Gasteiger partial charge is 0.453 e. The molecule has 0 aliphatic rings. The lowest BCUT2D eigenvalue weighted by Gasteiger charge is -2.16. The van der Waals surface area contributed by atoms with Crippen molar-refractivity contribution in [1.82, 2.24) is 0 Å². The molecular formula is C13H13F3N2O5. The van der Waals surface area contributed by atoms with Crippen LogP contribution in [0.5, 0.6) is 0 Å². The number of nitrogens with one attached hydrogen (secondary N) is 1. The van der Waals surface area contributed by atoms with Crippen molar-refractivity contribution in [3.05, 3.63) is 33.9 Å². The van der Waals surface area contributed by atoms with Crippen LogP contribution in [-0.2, 0) is 20.5 Å². The molecule has 1 aromatic rings. The molecule has 0 saturated heterocycles. The van der Waals surface area contributed by atoms with Crippen molar-refractivity contribution >= 4 is 23.3 Å². The van der Waals surface area contributed by atoms with E-state index in [4.69, 9.17) is 0 Å². The van der Waals surface area contributed by atoms with Crippen molar-refractivity contribution in [3.8, 4) is 0 Å². The number of alkyl halides is 3. The highest BCUT2D eigenvalue weighted by Gasteiger charge is 2.36. The summed E-state index contributed by atoms with van der Waals surface area (Å²) >= 11 is 0. The number of carbonyl (C=O) groups excluding carboxylic acids is 2. The fourth-order valence-corrected chi connectivity index (χ4v) is 1.56. The number of carbonyl (C=O) groups is 2. The van der Waals surface area contributed by atoms with Crippen LogP contribution in [0.3, 0.4) is 0 Å². The van der Waals surface area contributed by atoms with Gasteiger partial charge in [0.2, 0.25) is 0 Å². The molecule has 10 heteroatoms. The van der Waals surface area contributed by atoms with Gasteiger partial charge in [-0.15, -0.1) is 0 Å². The Hall–Kier alpha value is -2.65. The maximum atomic E-state index is 12.9. The molecule has 0 saturated carbocycles. The maximum Gasteiger partial charge on any atom is 0.418 e. The molecule has 0 radical (unpaired) electrons. The molecule has 23 heavy (non-hydrogen) atoms. The molecule has 1 N–H and O–H groups in total. The molecule has 0 aliphatic carbocycles. The first-order valence-corrected chi connectivity index (χ1v) is 6.42. The molecule has 7 nitrogen and oxygen atoms in total. The Morgan fingerprint density at radius 2 is 2.00 bits per heavy atom. The lowest BCUT2D eigenvalue weighted by molar-refractivity contribution is -0.385. The number of amides is 1. The number of nitro benzene ring substituents is 1. The first-order valence-electron chi connectivity index (χ1n) is 6.42. The SMILES string of the molecule is CCC(=O)O[C@@H](C)C(=O)Nc1ccc([N+](=O)[O-])cc1C(F)(F)F. The number of ether oxygens (including phenoxy) is 1. The van der Waals surface area contributed by atoms with E-state index in [0.29, 0.717) is 6.07 Å². The van der Waals surface area contributed by atoms with E-state index in [9.17, 15) is 32.9 Å². The zero-order valence-corrected chi connectivity index (χ0v) is 12.1. The normalized spacial score (nSPS) is 12.4.